The van der Waals surface area contributed by atoms with Crippen molar-refractivity contribution in [3.05, 3.63) is 53.7 Å². The minimum Gasteiger partial charge on any atom is -0.490 e. The van der Waals surface area contributed by atoms with Gasteiger partial charge in [-0.2, -0.15) is 5.10 Å². The first-order valence-corrected chi connectivity index (χ1v) is 10.2. The van der Waals surface area contributed by atoms with Gasteiger partial charge in [0.15, 0.2) is 17.3 Å². The highest BCUT2D eigenvalue weighted by Gasteiger charge is 2.14. The molecule has 2 aromatic heterocycles. The van der Waals surface area contributed by atoms with Crippen LogP contribution in [0, 0.1) is 0 Å². The van der Waals surface area contributed by atoms with Gasteiger partial charge in [-0.3, -0.25) is 14.9 Å². The fourth-order valence-corrected chi connectivity index (χ4v) is 3.92. The lowest BCUT2D eigenvalue weighted by atomic mass is 10.1. The molecule has 0 bridgehead atoms. The Labute approximate surface area is 170 Å². The molecule has 1 amide bonds. The number of carbonyl (C=O) groups is 1. The monoisotopic (exact) mass is 406 g/mol. The number of hydrogen-bond acceptors (Lipinski definition) is 6. The Bertz CT molecular complexity index is 1170. The molecular weight excluding hydrogens is 388 g/mol. The van der Waals surface area contributed by atoms with Gasteiger partial charge < -0.3 is 14.8 Å². The van der Waals surface area contributed by atoms with E-state index in [0.29, 0.717) is 24.8 Å². The molecule has 5 rings (SSSR count). The number of hydrogen-bond donors (Lipinski definition) is 2. The van der Waals surface area contributed by atoms with Crippen LogP contribution >= 0.6 is 11.3 Å². The molecule has 0 aliphatic carbocycles. The maximum absolute atomic E-state index is 12.6. The third-order valence-electron chi connectivity index (χ3n) is 4.71. The summed E-state index contributed by atoms with van der Waals surface area (Å²) in [4.78, 5) is 17.8. The maximum Gasteiger partial charge on any atom is 0.230 e. The van der Waals surface area contributed by atoms with E-state index in [1.807, 2.05) is 42.6 Å². The maximum atomic E-state index is 12.6. The summed E-state index contributed by atoms with van der Waals surface area (Å²) in [6.07, 6.45) is 2.90. The van der Waals surface area contributed by atoms with E-state index >= 15 is 0 Å². The number of H-pyrrole nitrogens is 1. The highest BCUT2D eigenvalue weighted by atomic mass is 32.1. The van der Waals surface area contributed by atoms with Gasteiger partial charge in [-0.1, -0.05) is 12.1 Å². The molecule has 3 heterocycles. The van der Waals surface area contributed by atoms with E-state index in [4.69, 9.17) is 9.47 Å². The lowest BCUT2D eigenvalue weighted by Gasteiger charge is -2.09. The summed E-state index contributed by atoms with van der Waals surface area (Å²) in [6, 6.07) is 11.6. The van der Waals surface area contributed by atoms with Gasteiger partial charge in [0.2, 0.25) is 5.91 Å². The Balaban J connectivity index is 1.35. The fourth-order valence-electron chi connectivity index (χ4n) is 3.30. The molecule has 1 aliphatic heterocycles. The highest BCUT2D eigenvalue weighted by Crippen LogP contribution is 2.31. The van der Waals surface area contributed by atoms with Crippen LogP contribution in [0.1, 0.15) is 12.0 Å². The number of nitrogens with one attached hydrogen (secondary N) is 2. The molecule has 4 aromatic rings. The molecule has 29 heavy (non-hydrogen) atoms. The molecule has 7 nitrogen and oxygen atoms in total. The third-order valence-corrected chi connectivity index (χ3v) is 5.54. The van der Waals surface area contributed by atoms with E-state index in [1.54, 1.807) is 16.8 Å². The van der Waals surface area contributed by atoms with Crippen molar-refractivity contribution in [3.8, 4) is 21.9 Å². The molecule has 0 unspecified atom stereocenters. The Morgan fingerprint density at radius 2 is 2.03 bits per heavy atom. The molecule has 146 valence electrons. The van der Waals surface area contributed by atoms with Gasteiger partial charge in [-0.25, -0.2) is 0 Å². The van der Waals surface area contributed by atoms with Crippen LogP contribution in [0.25, 0.3) is 21.3 Å². The number of aromatic amines is 1. The zero-order valence-electron chi connectivity index (χ0n) is 15.5. The minimum atomic E-state index is -0.143. The zero-order valence-corrected chi connectivity index (χ0v) is 16.3. The summed E-state index contributed by atoms with van der Waals surface area (Å²) in [5, 5.41) is 11.0. The van der Waals surface area contributed by atoms with Crippen LogP contribution < -0.4 is 14.8 Å². The van der Waals surface area contributed by atoms with Crippen molar-refractivity contribution < 1.29 is 14.3 Å². The Kier molecular flexibility index (Phi) is 4.61. The molecule has 0 atom stereocenters. The number of amides is 1. The number of aromatic nitrogens is 3. The van der Waals surface area contributed by atoms with Crippen molar-refractivity contribution in [2.45, 2.75) is 12.8 Å². The summed E-state index contributed by atoms with van der Waals surface area (Å²) in [7, 11) is 0. The second-order valence-electron chi connectivity index (χ2n) is 6.75. The Hall–Kier alpha value is -3.39. The number of ether oxygens (including phenoxy) is 2. The number of rotatable bonds is 4. The van der Waals surface area contributed by atoms with Gasteiger partial charge in [0.05, 0.1) is 35.5 Å². The van der Waals surface area contributed by atoms with Gasteiger partial charge in [0, 0.05) is 18.0 Å². The van der Waals surface area contributed by atoms with Gasteiger partial charge in [-0.05, 0) is 35.4 Å². The van der Waals surface area contributed by atoms with Crippen molar-refractivity contribution in [2.24, 2.45) is 0 Å². The van der Waals surface area contributed by atoms with Crippen molar-refractivity contribution >= 4 is 34.0 Å². The number of nitrogens with zero attached hydrogens (tertiary/aromatic N) is 2. The molecule has 8 heteroatoms. The van der Waals surface area contributed by atoms with Crippen molar-refractivity contribution in [2.75, 3.05) is 18.5 Å². The third kappa shape index (κ3) is 3.66. The van der Waals surface area contributed by atoms with E-state index in [0.717, 1.165) is 39.1 Å². The quantitative estimate of drug-likeness (QED) is 0.534. The standard InChI is InChI=1S/C21H18N4O3S/c26-20(9-13-2-5-17-18(8-13)28-7-1-6-27-17)23-21-15-10-14(19-11-22-12-29-19)3-4-16(15)24-25-21/h2-5,8,10-12H,1,6-7,9H2,(H2,23,24,25,26). The Morgan fingerprint density at radius 3 is 2.90 bits per heavy atom. The summed E-state index contributed by atoms with van der Waals surface area (Å²) in [5.41, 5.74) is 4.56. The molecule has 2 N–H and O–H groups in total. The first-order valence-electron chi connectivity index (χ1n) is 9.32. The lowest BCUT2D eigenvalue weighted by Crippen LogP contribution is -2.15. The van der Waals surface area contributed by atoms with E-state index in [9.17, 15) is 4.79 Å². The van der Waals surface area contributed by atoms with Gasteiger partial charge >= 0.3 is 0 Å². The summed E-state index contributed by atoms with van der Waals surface area (Å²) >= 11 is 1.57. The van der Waals surface area contributed by atoms with Crippen molar-refractivity contribution in [1.82, 2.24) is 15.2 Å². The molecule has 2 aromatic carbocycles. The fraction of sp³-hybridized carbons (Fsp3) is 0.190. The second kappa shape index (κ2) is 7.56. The first kappa shape index (κ1) is 17.7. The normalized spacial score (nSPS) is 13.2. The first-order chi connectivity index (χ1) is 14.3. The van der Waals surface area contributed by atoms with Crippen molar-refractivity contribution in [3.63, 3.8) is 0 Å². The van der Waals surface area contributed by atoms with Crippen LogP contribution in [0.4, 0.5) is 5.82 Å². The predicted octanol–water partition coefficient (Wildman–Crippen LogP) is 4.03. The topological polar surface area (TPSA) is 89.1 Å². The minimum absolute atomic E-state index is 0.143. The predicted molar refractivity (Wildman–Crippen MR) is 112 cm³/mol. The van der Waals surface area contributed by atoms with Crippen LogP contribution in [0.15, 0.2) is 48.1 Å². The zero-order chi connectivity index (χ0) is 19.6. The number of anilines is 1. The number of carbonyl (C=O) groups excluding carboxylic acids is 1. The van der Waals surface area contributed by atoms with Gasteiger partial charge in [0.25, 0.3) is 0 Å². The van der Waals surface area contributed by atoms with E-state index in [2.05, 4.69) is 20.5 Å². The highest BCUT2D eigenvalue weighted by molar-refractivity contribution is 7.13. The number of thiazole rings is 1. The van der Waals surface area contributed by atoms with Crippen LogP contribution in [0.5, 0.6) is 11.5 Å². The molecule has 0 saturated carbocycles. The molecule has 0 radical (unpaired) electrons. The van der Waals surface area contributed by atoms with Gasteiger partial charge in [0.1, 0.15) is 0 Å². The van der Waals surface area contributed by atoms with Crippen LogP contribution in [0.2, 0.25) is 0 Å². The SMILES string of the molecule is O=C(Cc1ccc2c(c1)OCCCO2)Nc1n[nH]c2ccc(-c3cncs3)cc12. The van der Waals surface area contributed by atoms with E-state index < -0.39 is 0 Å². The molecule has 0 saturated heterocycles. The average molecular weight is 406 g/mol. The smallest absolute Gasteiger partial charge is 0.230 e. The summed E-state index contributed by atoms with van der Waals surface area (Å²) in [5.74, 6) is 1.79. The molecule has 0 fully saturated rings. The number of fused-ring (bicyclic) bond motifs is 2. The van der Waals surface area contributed by atoms with Crippen LogP contribution in [0.3, 0.4) is 0 Å². The summed E-state index contributed by atoms with van der Waals surface area (Å²) in [6.45, 7) is 1.26. The van der Waals surface area contributed by atoms with Crippen LogP contribution in [-0.2, 0) is 11.2 Å². The summed E-state index contributed by atoms with van der Waals surface area (Å²) < 4.78 is 11.3. The van der Waals surface area contributed by atoms with E-state index in [1.165, 1.54) is 0 Å². The largest absolute Gasteiger partial charge is 0.490 e. The molecular formula is C21H18N4O3S. The molecule has 0 spiro atoms. The van der Waals surface area contributed by atoms with Crippen LogP contribution in [-0.4, -0.2) is 34.3 Å². The van der Waals surface area contributed by atoms with Gasteiger partial charge in [-0.15, -0.1) is 11.3 Å². The average Bonchev–Trinajstić information content (AvgIpc) is 3.33. The second-order valence-corrected chi connectivity index (χ2v) is 7.64. The lowest BCUT2D eigenvalue weighted by molar-refractivity contribution is -0.115. The molecule has 1 aliphatic rings. The number of benzene rings is 2. The van der Waals surface area contributed by atoms with Crippen molar-refractivity contribution in [1.29, 1.82) is 0 Å². The van der Waals surface area contributed by atoms with E-state index in [-0.39, 0.29) is 12.3 Å². The Morgan fingerprint density at radius 1 is 1.14 bits per heavy atom.